The first kappa shape index (κ1) is 14.4. The third kappa shape index (κ3) is 3.75. The van der Waals surface area contributed by atoms with Gasteiger partial charge in [0, 0.05) is 25.7 Å². The molecular formula is C14H24N4S. The Kier molecular flexibility index (Phi) is 5.31. The molecule has 0 bridgehead atoms. The maximum atomic E-state index is 4.65. The van der Waals surface area contributed by atoms with Gasteiger partial charge in [-0.25, -0.2) is 9.97 Å². The lowest BCUT2D eigenvalue weighted by Gasteiger charge is -2.19. The molecule has 1 saturated heterocycles. The Morgan fingerprint density at radius 3 is 2.95 bits per heavy atom. The van der Waals surface area contributed by atoms with Gasteiger partial charge in [-0.2, -0.15) is 0 Å². The summed E-state index contributed by atoms with van der Waals surface area (Å²) in [5, 5.41) is 4.15. The smallest absolute Gasteiger partial charge is 0.191 e. The molecule has 0 spiro atoms. The van der Waals surface area contributed by atoms with Gasteiger partial charge in [0.25, 0.3) is 0 Å². The van der Waals surface area contributed by atoms with Gasteiger partial charge in [-0.05, 0) is 31.9 Å². The quantitative estimate of drug-likeness (QED) is 0.640. The largest absolute Gasteiger partial charge is 0.370 e. The predicted octanol–water partition coefficient (Wildman–Crippen LogP) is 3.26. The normalized spacial score (nSPS) is 18.9. The van der Waals surface area contributed by atoms with E-state index in [2.05, 4.69) is 40.1 Å². The van der Waals surface area contributed by atoms with E-state index in [9.17, 15) is 0 Å². The summed E-state index contributed by atoms with van der Waals surface area (Å²) >= 11 is 1.60. The summed E-state index contributed by atoms with van der Waals surface area (Å²) in [6.07, 6.45) is 5.93. The van der Waals surface area contributed by atoms with Gasteiger partial charge in [0.15, 0.2) is 5.16 Å². The fourth-order valence-electron chi connectivity index (χ4n) is 2.62. The summed E-state index contributed by atoms with van der Waals surface area (Å²) in [4.78, 5) is 11.5. The second kappa shape index (κ2) is 6.98. The van der Waals surface area contributed by atoms with Gasteiger partial charge in [0.1, 0.15) is 11.6 Å². The van der Waals surface area contributed by atoms with Gasteiger partial charge < -0.3 is 10.2 Å². The zero-order chi connectivity index (χ0) is 13.7. The van der Waals surface area contributed by atoms with Crippen molar-refractivity contribution >= 4 is 23.4 Å². The minimum absolute atomic E-state index is 0.834. The van der Waals surface area contributed by atoms with Crippen LogP contribution in [0.3, 0.4) is 0 Å². The van der Waals surface area contributed by atoms with E-state index in [0.717, 1.165) is 42.3 Å². The number of aromatic nitrogens is 2. The Bertz CT molecular complexity index is 410. The summed E-state index contributed by atoms with van der Waals surface area (Å²) in [6, 6.07) is 2.08. The first-order valence-electron chi connectivity index (χ1n) is 7.18. The summed E-state index contributed by atoms with van der Waals surface area (Å²) in [5.41, 5.74) is 0. The Labute approximate surface area is 120 Å². The zero-order valence-corrected chi connectivity index (χ0v) is 13.0. The molecule has 0 saturated carbocycles. The molecule has 1 N–H and O–H groups in total. The molecule has 0 radical (unpaired) electrons. The Morgan fingerprint density at radius 1 is 1.42 bits per heavy atom. The molecule has 19 heavy (non-hydrogen) atoms. The molecule has 0 aromatic carbocycles. The van der Waals surface area contributed by atoms with Gasteiger partial charge in [-0.1, -0.05) is 25.1 Å². The lowest BCUT2D eigenvalue weighted by molar-refractivity contribution is 0.529. The average molecular weight is 280 g/mol. The number of anilines is 2. The molecule has 2 heterocycles. The van der Waals surface area contributed by atoms with Crippen molar-refractivity contribution in [1.82, 2.24) is 9.97 Å². The van der Waals surface area contributed by atoms with Crippen molar-refractivity contribution in [2.24, 2.45) is 5.92 Å². The third-order valence-electron chi connectivity index (χ3n) is 3.54. The predicted molar refractivity (Wildman–Crippen MR) is 83.2 cm³/mol. The monoisotopic (exact) mass is 280 g/mol. The number of nitrogens with one attached hydrogen (secondary N) is 1. The summed E-state index contributed by atoms with van der Waals surface area (Å²) in [5.74, 6) is 2.85. The molecule has 1 fully saturated rings. The maximum absolute atomic E-state index is 4.65. The topological polar surface area (TPSA) is 41.0 Å². The van der Waals surface area contributed by atoms with Crippen LogP contribution in [0.1, 0.15) is 33.1 Å². The summed E-state index contributed by atoms with van der Waals surface area (Å²) < 4.78 is 0. The van der Waals surface area contributed by atoms with Crippen LogP contribution in [0.25, 0.3) is 0 Å². The first-order valence-corrected chi connectivity index (χ1v) is 8.41. The second-order valence-electron chi connectivity index (χ2n) is 5.02. The average Bonchev–Trinajstić information content (AvgIpc) is 2.88. The van der Waals surface area contributed by atoms with E-state index in [-0.39, 0.29) is 0 Å². The van der Waals surface area contributed by atoms with Crippen LogP contribution in [0.15, 0.2) is 11.2 Å². The van der Waals surface area contributed by atoms with Crippen LogP contribution in [0.2, 0.25) is 0 Å². The van der Waals surface area contributed by atoms with Crippen LogP contribution in [0, 0.1) is 5.92 Å². The van der Waals surface area contributed by atoms with Crippen molar-refractivity contribution in [3.8, 4) is 0 Å². The van der Waals surface area contributed by atoms with E-state index in [1.54, 1.807) is 11.8 Å². The van der Waals surface area contributed by atoms with Crippen LogP contribution < -0.4 is 10.2 Å². The molecular weight excluding hydrogens is 256 g/mol. The molecule has 1 aliphatic heterocycles. The molecule has 1 aliphatic rings. The molecule has 1 atom stereocenters. The van der Waals surface area contributed by atoms with E-state index in [4.69, 9.17) is 0 Å². The molecule has 106 valence electrons. The van der Waals surface area contributed by atoms with Crippen molar-refractivity contribution in [1.29, 1.82) is 0 Å². The minimum atomic E-state index is 0.834. The molecule has 1 aromatic rings. The number of rotatable bonds is 6. The van der Waals surface area contributed by atoms with Gasteiger partial charge in [0.2, 0.25) is 0 Å². The number of hydrogen-bond acceptors (Lipinski definition) is 5. The fraction of sp³-hybridized carbons (Fsp3) is 0.714. The molecule has 1 aromatic heterocycles. The van der Waals surface area contributed by atoms with Crippen molar-refractivity contribution in [3.63, 3.8) is 0 Å². The van der Waals surface area contributed by atoms with Gasteiger partial charge in [-0.3, -0.25) is 0 Å². The first-order chi connectivity index (χ1) is 9.26. The highest BCUT2D eigenvalue weighted by molar-refractivity contribution is 7.98. The SMILES string of the molecule is CCCC1CCN(c2cc(NCC)nc(SC)n2)C1. The van der Waals surface area contributed by atoms with Crippen molar-refractivity contribution in [2.45, 2.75) is 38.3 Å². The van der Waals surface area contributed by atoms with Gasteiger partial charge in [-0.15, -0.1) is 0 Å². The second-order valence-corrected chi connectivity index (χ2v) is 5.79. The Balaban J connectivity index is 2.12. The van der Waals surface area contributed by atoms with Crippen molar-refractivity contribution in [3.05, 3.63) is 6.07 Å². The summed E-state index contributed by atoms with van der Waals surface area (Å²) in [7, 11) is 0. The van der Waals surface area contributed by atoms with E-state index in [1.165, 1.54) is 19.3 Å². The third-order valence-corrected chi connectivity index (χ3v) is 4.09. The number of thioether (sulfide) groups is 1. The molecule has 2 rings (SSSR count). The summed E-state index contributed by atoms with van der Waals surface area (Å²) in [6.45, 7) is 7.52. The highest BCUT2D eigenvalue weighted by atomic mass is 32.2. The molecule has 0 amide bonds. The highest BCUT2D eigenvalue weighted by Crippen LogP contribution is 2.27. The number of hydrogen-bond donors (Lipinski definition) is 1. The minimum Gasteiger partial charge on any atom is -0.370 e. The van der Waals surface area contributed by atoms with Crippen LogP contribution in [0.5, 0.6) is 0 Å². The van der Waals surface area contributed by atoms with E-state index in [1.807, 2.05) is 6.26 Å². The lowest BCUT2D eigenvalue weighted by Crippen LogP contribution is -2.21. The zero-order valence-electron chi connectivity index (χ0n) is 12.1. The molecule has 1 unspecified atom stereocenters. The standard InChI is InChI=1S/C14H24N4S/c1-4-6-11-7-8-18(10-11)13-9-12(15-5-2)16-14(17-13)19-3/h9,11H,4-8,10H2,1-3H3,(H,15,16,17). The molecule has 5 heteroatoms. The Morgan fingerprint density at radius 2 is 2.26 bits per heavy atom. The molecule has 4 nitrogen and oxygen atoms in total. The van der Waals surface area contributed by atoms with Crippen LogP contribution in [0.4, 0.5) is 11.6 Å². The van der Waals surface area contributed by atoms with E-state index < -0.39 is 0 Å². The van der Waals surface area contributed by atoms with Crippen LogP contribution in [-0.4, -0.2) is 35.9 Å². The van der Waals surface area contributed by atoms with Crippen molar-refractivity contribution < 1.29 is 0 Å². The maximum Gasteiger partial charge on any atom is 0.191 e. The Hall–Kier alpha value is -0.970. The van der Waals surface area contributed by atoms with Crippen LogP contribution in [-0.2, 0) is 0 Å². The van der Waals surface area contributed by atoms with Gasteiger partial charge >= 0.3 is 0 Å². The van der Waals surface area contributed by atoms with Crippen molar-refractivity contribution in [2.75, 3.05) is 36.1 Å². The van der Waals surface area contributed by atoms with E-state index >= 15 is 0 Å². The fourth-order valence-corrected chi connectivity index (χ4v) is 3.00. The highest BCUT2D eigenvalue weighted by Gasteiger charge is 2.23. The lowest BCUT2D eigenvalue weighted by atomic mass is 10.0. The van der Waals surface area contributed by atoms with Crippen LogP contribution >= 0.6 is 11.8 Å². The number of nitrogens with zero attached hydrogens (tertiary/aromatic N) is 3. The molecule has 0 aliphatic carbocycles. The van der Waals surface area contributed by atoms with Gasteiger partial charge in [0.05, 0.1) is 0 Å². The van der Waals surface area contributed by atoms with E-state index in [0.29, 0.717) is 0 Å².